The Labute approximate surface area is 123 Å². The molecule has 0 fully saturated rings. The third-order valence-corrected chi connectivity index (χ3v) is 3.61. The number of halogens is 1. The van der Waals surface area contributed by atoms with Gasteiger partial charge in [0.2, 0.25) is 0 Å². The minimum atomic E-state index is -1.14. The maximum atomic E-state index is 12.9. The van der Waals surface area contributed by atoms with E-state index >= 15 is 0 Å². The van der Waals surface area contributed by atoms with E-state index in [-0.39, 0.29) is 18.8 Å². The molecule has 6 heteroatoms. The largest absolute Gasteiger partial charge is 0.491 e. The second-order valence-corrected chi connectivity index (χ2v) is 6.13. The summed E-state index contributed by atoms with van der Waals surface area (Å²) in [7, 11) is 0. The van der Waals surface area contributed by atoms with Crippen LogP contribution in [-0.2, 0) is 6.42 Å². The van der Waals surface area contributed by atoms with Gasteiger partial charge in [0.15, 0.2) is 0 Å². The van der Waals surface area contributed by atoms with Crippen molar-refractivity contribution in [1.29, 1.82) is 0 Å². The van der Waals surface area contributed by atoms with Crippen molar-refractivity contribution < 1.29 is 14.2 Å². The lowest BCUT2D eigenvalue weighted by atomic mass is 9.74. The zero-order valence-corrected chi connectivity index (χ0v) is 12.4. The van der Waals surface area contributed by atoms with Crippen LogP contribution in [0.5, 0.6) is 5.75 Å². The molecule has 5 nitrogen and oxygen atoms in total. The van der Waals surface area contributed by atoms with Crippen molar-refractivity contribution in [1.82, 2.24) is 15.2 Å². The second kappa shape index (κ2) is 5.81. The van der Waals surface area contributed by atoms with E-state index in [9.17, 15) is 9.50 Å². The van der Waals surface area contributed by atoms with Crippen LogP contribution in [0, 0.1) is 11.2 Å². The van der Waals surface area contributed by atoms with E-state index in [0.717, 1.165) is 0 Å². The summed E-state index contributed by atoms with van der Waals surface area (Å²) in [4.78, 5) is 4.05. The normalized spacial score (nSPS) is 14.7. The Bertz CT molecular complexity index is 564. The quantitative estimate of drug-likeness (QED) is 0.887. The molecule has 0 saturated carbocycles. The molecule has 0 aliphatic heterocycles. The van der Waals surface area contributed by atoms with Gasteiger partial charge >= 0.3 is 0 Å². The van der Waals surface area contributed by atoms with Gasteiger partial charge in [-0.2, -0.15) is 5.10 Å². The molecular weight excluding hydrogens is 273 g/mol. The van der Waals surface area contributed by atoms with Crippen molar-refractivity contribution in [3.05, 3.63) is 42.2 Å². The molecule has 0 bridgehead atoms. The van der Waals surface area contributed by atoms with Gasteiger partial charge in [-0.15, -0.1) is 0 Å². The second-order valence-electron chi connectivity index (χ2n) is 6.13. The zero-order valence-electron chi connectivity index (χ0n) is 12.4. The van der Waals surface area contributed by atoms with Gasteiger partial charge in [-0.1, -0.05) is 20.8 Å². The Morgan fingerprint density at radius 2 is 1.90 bits per heavy atom. The summed E-state index contributed by atoms with van der Waals surface area (Å²) in [6, 6.07) is 5.71. The third-order valence-electron chi connectivity index (χ3n) is 3.61. The fourth-order valence-electron chi connectivity index (χ4n) is 1.86. The molecule has 1 aromatic heterocycles. The Balaban J connectivity index is 2.11. The Morgan fingerprint density at radius 3 is 2.43 bits per heavy atom. The molecule has 0 spiro atoms. The summed E-state index contributed by atoms with van der Waals surface area (Å²) in [5.41, 5.74) is -1.57. The molecule has 1 atom stereocenters. The lowest BCUT2D eigenvalue weighted by molar-refractivity contribution is -0.0883. The lowest BCUT2D eigenvalue weighted by Crippen LogP contribution is -2.50. The average molecular weight is 293 g/mol. The van der Waals surface area contributed by atoms with Crippen LogP contribution in [0.15, 0.2) is 30.6 Å². The average Bonchev–Trinajstić information content (AvgIpc) is 2.89. The number of aromatic amines is 1. The van der Waals surface area contributed by atoms with Crippen molar-refractivity contribution in [3.63, 3.8) is 0 Å². The van der Waals surface area contributed by atoms with Crippen molar-refractivity contribution in [2.24, 2.45) is 5.41 Å². The summed E-state index contributed by atoms with van der Waals surface area (Å²) in [6.45, 7) is 5.86. The molecular formula is C15H20FN3O2. The molecule has 0 amide bonds. The van der Waals surface area contributed by atoms with Crippen LogP contribution >= 0.6 is 0 Å². The van der Waals surface area contributed by atoms with Crippen LogP contribution in [0.2, 0.25) is 0 Å². The van der Waals surface area contributed by atoms with E-state index in [2.05, 4.69) is 15.2 Å². The van der Waals surface area contributed by atoms with E-state index in [4.69, 9.17) is 4.74 Å². The van der Waals surface area contributed by atoms with E-state index < -0.39 is 11.0 Å². The van der Waals surface area contributed by atoms with Gasteiger partial charge in [0.25, 0.3) is 0 Å². The first-order valence-corrected chi connectivity index (χ1v) is 6.75. The zero-order chi connectivity index (χ0) is 15.5. The van der Waals surface area contributed by atoms with Crippen LogP contribution in [0.3, 0.4) is 0 Å². The Kier molecular flexibility index (Phi) is 4.27. The smallest absolute Gasteiger partial charge is 0.137 e. The van der Waals surface area contributed by atoms with Crippen LogP contribution < -0.4 is 4.74 Å². The minimum absolute atomic E-state index is 0.0723. The molecule has 1 unspecified atom stereocenters. The molecule has 21 heavy (non-hydrogen) atoms. The number of rotatable bonds is 5. The van der Waals surface area contributed by atoms with Crippen LogP contribution in [0.4, 0.5) is 4.39 Å². The molecule has 0 aliphatic rings. The van der Waals surface area contributed by atoms with Crippen LogP contribution in [0.25, 0.3) is 0 Å². The van der Waals surface area contributed by atoms with Crippen LogP contribution in [0.1, 0.15) is 26.6 Å². The summed E-state index contributed by atoms with van der Waals surface area (Å²) in [6.07, 6.45) is 1.69. The SMILES string of the molecule is CC(C)(C)C(O)(COc1ccc(F)cc1)Cc1ncn[nH]1. The highest BCUT2D eigenvalue weighted by Gasteiger charge is 2.41. The first kappa shape index (κ1) is 15.4. The first-order chi connectivity index (χ1) is 9.80. The predicted octanol–water partition coefficient (Wildman–Crippen LogP) is 2.34. The maximum absolute atomic E-state index is 12.9. The number of nitrogens with zero attached hydrogens (tertiary/aromatic N) is 2. The fraction of sp³-hybridized carbons (Fsp3) is 0.467. The number of nitrogens with one attached hydrogen (secondary N) is 1. The molecule has 2 aromatic rings. The fourth-order valence-corrected chi connectivity index (χ4v) is 1.86. The molecule has 114 valence electrons. The van der Waals surface area contributed by atoms with E-state index in [1.807, 2.05) is 20.8 Å². The number of aromatic nitrogens is 3. The van der Waals surface area contributed by atoms with Crippen molar-refractivity contribution in [3.8, 4) is 5.75 Å². The van der Waals surface area contributed by atoms with Gasteiger partial charge in [-0.3, -0.25) is 5.10 Å². The highest BCUT2D eigenvalue weighted by molar-refractivity contribution is 5.22. The topological polar surface area (TPSA) is 71.0 Å². The third kappa shape index (κ3) is 3.78. The Morgan fingerprint density at radius 1 is 1.24 bits per heavy atom. The molecule has 1 aromatic carbocycles. The number of H-pyrrole nitrogens is 1. The van der Waals surface area contributed by atoms with Gasteiger partial charge < -0.3 is 9.84 Å². The van der Waals surface area contributed by atoms with Gasteiger partial charge in [0.05, 0.1) is 0 Å². The minimum Gasteiger partial charge on any atom is -0.491 e. The van der Waals surface area contributed by atoms with Gasteiger partial charge in [-0.25, -0.2) is 9.37 Å². The summed E-state index contributed by atoms with van der Waals surface area (Å²) in [5.74, 6) is 0.780. The van der Waals surface area contributed by atoms with E-state index in [1.54, 1.807) is 0 Å². The van der Waals surface area contributed by atoms with Gasteiger partial charge in [-0.05, 0) is 29.7 Å². The molecule has 0 aliphatic carbocycles. The molecule has 1 heterocycles. The van der Waals surface area contributed by atoms with Crippen molar-refractivity contribution >= 4 is 0 Å². The first-order valence-electron chi connectivity index (χ1n) is 6.75. The monoisotopic (exact) mass is 293 g/mol. The van der Waals surface area contributed by atoms with Gasteiger partial charge in [0.1, 0.15) is 35.9 Å². The predicted molar refractivity (Wildman–Crippen MR) is 76.4 cm³/mol. The molecule has 2 N–H and O–H groups in total. The highest BCUT2D eigenvalue weighted by atomic mass is 19.1. The number of hydrogen-bond donors (Lipinski definition) is 2. The highest BCUT2D eigenvalue weighted by Crippen LogP contribution is 2.33. The number of hydrogen-bond acceptors (Lipinski definition) is 4. The van der Waals surface area contributed by atoms with Crippen LogP contribution in [-0.4, -0.2) is 32.5 Å². The maximum Gasteiger partial charge on any atom is 0.137 e. The number of aliphatic hydroxyl groups is 1. The molecule has 0 saturated heterocycles. The molecule has 0 radical (unpaired) electrons. The summed E-state index contributed by atoms with van der Waals surface area (Å²) in [5, 5.41) is 17.5. The number of benzene rings is 1. The lowest BCUT2D eigenvalue weighted by Gasteiger charge is -2.39. The van der Waals surface area contributed by atoms with E-state index in [0.29, 0.717) is 11.6 Å². The Hall–Kier alpha value is -1.95. The van der Waals surface area contributed by atoms with Gasteiger partial charge in [0, 0.05) is 6.42 Å². The van der Waals surface area contributed by atoms with Crippen molar-refractivity contribution in [2.75, 3.05) is 6.61 Å². The summed E-state index contributed by atoms with van der Waals surface area (Å²) < 4.78 is 18.5. The molecule has 2 rings (SSSR count). The van der Waals surface area contributed by atoms with E-state index in [1.165, 1.54) is 30.6 Å². The summed E-state index contributed by atoms with van der Waals surface area (Å²) >= 11 is 0. The standard InChI is InChI=1S/C15H20FN3O2/c1-14(2,3)15(20,8-13-17-10-18-19-13)9-21-12-6-4-11(16)5-7-12/h4-7,10,20H,8-9H2,1-3H3,(H,17,18,19). The van der Waals surface area contributed by atoms with Crippen molar-refractivity contribution in [2.45, 2.75) is 32.8 Å². The number of ether oxygens (including phenoxy) is 1.